The highest BCUT2D eigenvalue weighted by atomic mass is 16.5. The van der Waals surface area contributed by atoms with Gasteiger partial charge in [-0.3, -0.25) is 4.90 Å². The molecule has 1 aromatic rings. The van der Waals surface area contributed by atoms with Crippen LogP contribution in [0.3, 0.4) is 0 Å². The summed E-state index contributed by atoms with van der Waals surface area (Å²) in [4.78, 5) is 2.51. The molecule has 122 valence electrons. The number of benzene rings is 1. The Hall–Kier alpha value is -1.46. The number of nitrogens with one attached hydrogen (secondary N) is 1. The number of ether oxygens (including phenoxy) is 3. The zero-order chi connectivity index (χ0) is 15.6. The average molecular weight is 306 g/mol. The number of hydrogen-bond acceptors (Lipinski definition) is 5. The van der Waals surface area contributed by atoms with E-state index < -0.39 is 0 Å². The van der Waals surface area contributed by atoms with E-state index in [1.165, 1.54) is 12.8 Å². The Morgan fingerprint density at radius 3 is 2.36 bits per heavy atom. The second-order valence-corrected chi connectivity index (χ2v) is 6.40. The molecule has 0 aromatic heterocycles. The summed E-state index contributed by atoms with van der Waals surface area (Å²) in [7, 11) is 5.05. The molecule has 1 N–H and O–H groups in total. The summed E-state index contributed by atoms with van der Waals surface area (Å²) < 4.78 is 16.4. The van der Waals surface area contributed by atoms with E-state index in [2.05, 4.69) is 10.2 Å². The Labute approximate surface area is 132 Å². The van der Waals surface area contributed by atoms with Crippen molar-refractivity contribution in [1.82, 2.24) is 10.2 Å². The minimum Gasteiger partial charge on any atom is -0.496 e. The molecule has 1 aromatic carbocycles. The van der Waals surface area contributed by atoms with Crippen LogP contribution in [0.5, 0.6) is 17.2 Å². The summed E-state index contributed by atoms with van der Waals surface area (Å²) in [6, 6.07) is 3.86. The first-order valence-corrected chi connectivity index (χ1v) is 7.92. The van der Waals surface area contributed by atoms with Crippen molar-refractivity contribution >= 4 is 0 Å². The Bertz CT molecular complexity index is 502. The summed E-state index contributed by atoms with van der Waals surface area (Å²) in [5.41, 5.74) is 1.58. The second-order valence-electron chi connectivity index (χ2n) is 6.40. The monoisotopic (exact) mass is 306 g/mol. The number of likely N-dealkylation sites (tertiary alicyclic amines) is 1. The van der Waals surface area contributed by atoms with Gasteiger partial charge in [-0.2, -0.15) is 0 Å². The molecule has 2 saturated heterocycles. The van der Waals surface area contributed by atoms with Gasteiger partial charge in [-0.05, 0) is 31.3 Å². The van der Waals surface area contributed by atoms with Crippen LogP contribution in [0.2, 0.25) is 0 Å². The first-order chi connectivity index (χ1) is 10.7. The fraction of sp³-hybridized carbons (Fsp3) is 0.647. The van der Waals surface area contributed by atoms with Gasteiger partial charge in [-0.15, -0.1) is 0 Å². The minimum atomic E-state index is 0.479. The van der Waals surface area contributed by atoms with Gasteiger partial charge in [0.1, 0.15) is 17.2 Å². The minimum absolute atomic E-state index is 0.479. The highest BCUT2D eigenvalue weighted by Gasteiger charge is 2.40. The van der Waals surface area contributed by atoms with Crippen molar-refractivity contribution in [2.24, 2.45) is 5.41 Å². The van der Waals surface area contributed by atoms with E-state index in [-0.39, 0.29) is 0 Å². The molecule has 2 aliphatic heterocycles. The van der Waals surface area contributed by atoms with Crippen LogP contribution in [0.4, 0.5) is 0 Å². The van der Waals surface area contributed by atoms with Crippen LogP contribution in [0.25, 0.3) is 0 Å². The Balaban J connectivity index is 1.79. The van der Waals surface area contributed by atoms with E-state index in [0.29, 0.717) is 5.41 Å². The zero-order valence-corrected chi connectivity index (χ0v) is 13.8. The number of nitrogens with zero attached hydrogens (tertiary/aromatic N) is 1. The highest BCUT2D eigenvalue weighted by Crippen LogP contribution is 2.40. The molecular weight excluding hydrogens is 280 g/mol. The van der Waals surface area contributed by atoms with Gasteiger partial charge in [0.25, 0.3) is 0 Å². The molecule has 0 bridgehead atoms. The van der Waals surface area contributed by atoms with Crippen LogP contribution in [-0.4, -0.2) is 52.4 Å². The van der Waals surface area contributed by atoms with Crippen molar-refractivity contribution in [3.05, 3.63) is 17.7 Å². The highest BCUT2D eigenvalue weighted by molar-refractivity contribution is 5.50. The molecule has 2 fully saturated rings. The van der Waals surface area contributed by atoms with Crippen LogP contribution in [-0.2, 0) is 6.54 Å². The molecule has 0 amide bonds. The molecule has 1 spiro atoms. The third-order valence-electron chi connectivity index (χ3n) is 5.05. The lowest BCUT2D eigenvalue weighted by Crippen LogP contribution is -2.29. The van der Waals surface area contributed by atoms with Crippen molar-refractivity contribution in [2.75, 3.05) is 47.5 Å². The molecule has 2 aliphatic rings. The quantitative estimate of drug-likeness (QED) is 0.900. The molecule has 5 nitrogen and oxygen atoms in total. The normalized spacial score (nSPS) is 24.9. The van der Waals surface area contributed by atoms with Crippen molar-refractivity contribution < 1.29 is 14.2 Å². The lowest BCUT2D eigenvalue weighted by molar-refractivity contribution is 0.260. The number of hydrogen-bond donors (Lipinski definition) is 1. The molecule has 2 heterocycles. The van der Waals surface area contributed by atoms with Crippen LogP contribution in [0.15, 0.2) is 12.1 Å². The van der Waals surface area contributed by atoms with Crippen LogP contribution in [0.1, 0.15) is 18.4 Å². The molecule has 3 rings (SSSR count). The van der Waals surface area contributed by atoms with Crippen LogP contribution in [0, 0.1) is 5.41 Å². The average Bonchev–Trinajstić information content (AvgIpc) is 3.17. The van der Waals surface area contributed by atoms with E-state index in [9.17, 15) is 0 Å². The van der Waals surface area contributed by atoms with Crippen molar-refractivity contribution in [3.63, 3.8) is 0 Å². The van der Waals surface area contributed by atoms with Crippen LogP contribution >= 0.6 is 0 Å². The number of rotatable bonds is 5. The first kappa shape index (κ1) is 15.4. The van der Waals surface area contributed by atoms with Crippen molar-refractivity contribution in [1.29, 1.82) is 0 Å². The zero-order valence-electron chi connectivity index (χ0n) is 13.8. The van der Waals surface area contributed by atoms with E-state index in [0.717, 1.165) is 55.5 Å². The first-order valence-electron chi connectivity index (χ1n) is 7.92. The molecular formula is C17H26N2O3. The van der Waals surface area contributed by atoms with Gasteiger partial charge in [0, 0.05) is 31.8 Å². The van der Waals surface area contributed by atoms with Crippen molar-refractivity contribution in [2.45, 2.75) is 19.4 Å². The lowest BCUT2D eigenvalue weighted by Gasteiger charge is -2.24. The SMILES string of the molecule is COc1cc(OC)c(CN2CCC3(CCNC3)C2)c(OC)c1. The van der Waals surface area contributed by atoms with E-state index in [1.807, 2.05) is 12.1 Å². The standard InChI is InChI=1S/C17H26N2O3/c1-20-13-8-15(21-2)14(16(9-13)22-3)10-19-7-5-17(12-19)4-6-18-11-17/h8-9,18H,4-7,10-12H2,1-3H3. The summed E-state index contributed by atoms with van der Waals surface area (Å²) in [6.45, 7) is 5.46. The van der Waals surface area contributed by atoms with Gasteiger partial charge in [0.05, 0.1) is 26.9 Å². The summed E-state index contributed by atoms with van der Waals surface area (Å²) >= 11 is 0. The topological polar surface area (TPSA) is 43.0 Å². The maximum absolute atomic E-state index is 5.56. The molecule has 0 radical (unpaired) electrons. The fourth-order valence-electron chi connectivity index (χ4n) is 3.76. The fourth-order valence-corrected chi connectivity index (χ4v) is 3.76. The van der Waals surface area contributed by atoms with Gasteiger partial charge in [0.2, 0.25) is 0 Å². The Morgan fingerprint density at radius 1 is 1.09 bits per heavy atom. The predicted molar refractivity (Wildman–Crippen MR) is 85.9 cm³/mol. The van der Waals surface area contributed by atoms with Crippen LogP contribution < -0.4 is 19.5 Å². The van der Waals surface area contributed by atoms with E-state index in [1.54, 1.807) is 21.3 Å². The van der Waals surface area contributed by atoms with Crippen molar-refractivity contribution in [3.8, 4) is 17.2 Å². The summed E-state index contributed by atoms with van der Waals surface area (Å²) in [5.74, 6) is 2.43. The van der Waals surface area contributed by atoms with Gasteiger partial charge >= 0.3 is 0 Å². The van der Waals surface area contributed by atoms with Gasteiger partial charge in [-0.25, -0.2) is 0 Å². The summed E-state index contributed by atoms with van der Waals surface area (Å²) in [6.07, 6.45) is 2.57. The number of methoxy groups -OCH3 is 3. The maximum atomic E-state index is 5.56. The predicted octanol–water partition coefficient (Wildman–Crippen LogP) is 1.90. The van der Waals surface area contributed by atoms with Gasteiger partial charge in [-0.1, -0.05) is 0 Å². The smallest absolute Gasteiger partial charge is 0.130 e. The molecule has 22 heavy (non-hydrogen) atoms. The van der Waals surface area contributed by atoms with Gasteiger partial charge in [0.15, 0.2) is 0 Å². The van der Waals surface area contributed by atoms with E-state index in [4.69, 9.17) is 14.2 Å². The molecule has 5 heteroatoms. The molecule has 0 saturated carbocycles. The Kier molecular flexibility index (Phi) is 4.45. The lowest BCUT2D eigenvalue weighted by atomic mass is 9.86. The van der Waals surface area contributed by atoms with E-state index >= 15 is 0 Å². The molecule has 1 atom stereocenters. The third kappa shape index (κ3) is 2.88. The summed E-state index contributed by atoms with van der Waals surface area (Å²) in [5, 5.41) is 3.51. The second kappa shape index (κ2) is 6.34. The Morgan fingerprint density at radius 2 is 1.82 bits per heavy atom. The third-order valence-corrected chi connectivity index (χ3v) is 5.05. The molecule has 0 aliphatic carbocycles. The largest absolute Gasteiger partial charge is 0.496 e. The molecule has 1 unspecified atom stereocenters. The maximum Gasteiger partial charge on any atom is 0.130 e. The van der Waals surface area contributed by atoms with Gasteiger partial charge < -0.3 is 19.5 Å².